The Kier molecular flexibility index (Phi) is 3.71. The molecule has 2 heterocycles. The maximum Gasteiger partial charge on any atom is 0.125 e. The fraction of sp³-hybridized carbons (Fsp3) is 0.333. The molecule has 0 N–H and O–H groups in total. The van der Waals surface area contributed by atoms with Crippen LogP contribution in [0.2, 0.25) is 0 Å². The summed E-state index contributed by atoms with van der Waals surface area (Å²) < 4.78 is 15.6. The number of halogens is 2. The molecular weight excluding hydrogens is 309 g/mol. The van der Waals surface area contributed by atoms with Crippen molar-refractivity contribution < 1.29 is 4.39 Å². The van der Waals surface area contributed by atoms with Crippen molar-refractivity contribution in [3.05, 3.63) is 46.4 Å². The van der Waals surface area contributed by atoms with E-state index in [4.69, 9.17) is 11.6 Å². The number of aryl methyl sites for hydroxylation is 1. The van der Waals surface area contributed by atoms with Crippen molar-refractivity contribution in [2.75, 3.05) is 5.88 Å². The third kappa shape index (κ3) is 2.45. The number of thiazole rings is 1. The van der Waals surface area contributed by atoms with E-state index < -0.39 is 0 Å². The van der Waals surface area contributed by atoms with Crippen LogP contribution in [0.1, 0.15) is 24.7 Å². The van der Waals surface area contributed by atoms with E-state index >= 15 is 0 Å². The second kappa shape index (κ2) is 5.39. The smallest absolute Gasteiger partial charge is 0.125 e. The van der Waals surface area contributed by atoms with E-state index in [0.29, 0.717) is 17.8 Å². The van der Waals surface area contributed by atoms with E-state index in [9.17, 15) is 4.39 Å². The van der Waals surface area contributed by atoms with Crippen LogP contribution in [-0.4, -0.2) is 20.4 Å². The molecule has 0 aliphatic heterocycles. The normalized spacial score (nSPS) is 12.2. The Morgan fingerprint density at radius 1 is 1.38 bits per heavy atom. The lowest BCUT2D eigenvalue weighted by Gasteiger charge is -2.27. The first kappa shape index (κ1) is 14.5. The van der Waals surface area contributed by atoms with Crippen LogP contribution in [0, 0.1) is 5.82 Å². The topological polar surface area (TPSA) is 30.7 Å². The second-order valence-corrected chi connectivity index (χ2v) is 6.60. The van der Waals surface area contributed by atoms with Gasteiger partial charge in [-0.1, -0.05) is 0 Å². The Labute approximate surface area is 131 Å². The van der Waals surface area contributed by atoms with Gasteiger partial charge in [0.05, 0.1) is 16.6 Å². The van der Waals surface area contributed by atoms with E-state index in [1.807, 2.05) is 5.38 Å². The highest BCUT2D eigenvalue weighted by molar-refractivity contribution is 7.09. The molecule has 0 aliphatic carbocycles. The van der Waals surface area contributed by atoms with Crippen LogP contribution in [0.3, 0.4) is 0 Å². The first-order valence-corrected chi connectivity index (χ1v) is 8.09. The van der Waals surface area contributed by atoms with Crippen molar-refractivity contribution in [1.29, 1.82) is 0 Å². The van der Waals surface area contributed by atoms with Crippen molar-refractivity contribution in [3.63, 3.8) is 0 Å². The molecule has 0 bridgehead atoms. The van der Waals surface area contributed by atoms with Gasteiger partial charge in [-0.25, -0.2) is 14.4 Å². The predicted octanol–water partition coefficient (Wildman–Crippen LogP) is 4.20. The van der Waals surface area contributed by atoms with Crippen LogP contribution in [0.25, 0.3) is 11.0 Å². The lowest BCUT2D eigenvalue weighted by atomic mass is 10.1. The number of hydrogen-bond donors (Lipinski definition) is 0. The van der Waals surface area contributed by atoms with Gasteiger partial charge in [-0.05, 0) is 26.0 Å². The van der Waals surface area contributed by atoms with E-state index in [0.717, 1.165) is 16.3 Å². The summed E-state index contributed by atoms with van der Waals surface area (Å²) in [5.74, 6) is 1.04. The van der Waals surface area contributed by atoms with Crippen molar-refractivity contribution >= 4 is 34.0 Å². The number of aromatic nitrogens is 3. The van der Waals surface area contributed by atoms with Gasteiger partial charge in [0.15, 0.2) is 0 Å². The number of alkyl halides is 1. The van der Waals surface area contributed by atoms with Crippen LogP contribution in [0.15, 0.2) is 29.8 Å². The molecule has 0 atom stereocenters. The molecule has 0 spiro atoms. The molecule has 0 saturated carbocycles. The minimum absolute atomic E-state index is 0.281. The minimum atomic E-state index is -0.359. The first-order chi connectivity index (χ1) is 10.0. The molecule has 0 unspecified atom stereocenters. The predicted molar refractivity (Wildman–Crippen MR) is 84.7 cm³/mol. The van der Waals surface area contributed by atoms with Gasteiger partial charge >= 0.3 is 0 Å². The Balaban J connectivity index is 2.26. The molecule has 6 heteroatoms. The molecular formula is C15H15ClFN3S. The van der Waals surface area contributed by atoms with Gasteiger partial charge in [-0.3, -0.25) is 0 Å². The molecule has 21 heavy (non-hydrogen) atoms. The SMILES string of the molecule is CC(C)(c1nccs1)n1c(CCCl)nc2cc(F)ccc21. The Morgan fingerprint density at radius 2 is 2.19 bits per heavy atom. The standard InChI is InChI=1S/C15H15ClFN3S/c1-15(2,14-18-7-8-21-14)20-12-4-3-10(17)9-11(12)19-13(20)5-6-16/h3-4,7-9H,5-6H2,1-2H3. The van der Waals surface area contributed by atoms with Crippen molar-refractivity contribution in [1.82, 2.24) is 14.5 Å². The summed E-state index contributed by atoms with van der Waals surface area (Å²) in [4.78, 5) is 8.99. The van der Waals surface area contributed by atoms with Gasteiger partial charge in [-0.2, -0.15) is 0 Å². The van der Waals surface area contributed by atoms with Crippen LogP contribution in [0.5, 0.6) is 0 Å². The summed E-state index contributed by atoms with van der Waals surface area (Å²) in [6, 6.07) is 4.69. The zero-order valence-corrected chi connectivity index (χ0v) is 13.4. The Hall–Kier alpha value is -1.46. The van der Waals surface area contributed by atoms with Gasteiger partial charge in [0.25, 0.3) is 0 Å². The maximum absolute atomic E-state index is 13.4. The van der Waals surface area contributed by atoms with Crippen molar-refractivity contribution in [2.24, 2.45) is 0 Å². The van der Waals surface area contributed by atoms with Crippen LogP contribution >= 0.6 is 22.9 Å². The third-order valence-corrected chi connectivity index (χ3v) is 4.79. The van der Waals surface area contributed by atoms with E-state index in [2.05, 4.69) is 28.4 Å². The van der Waals surface area contributed by atoms with Crippen LogP contribution in [-0.2, 0) is 12.0 Å². The second-order valence-electron chi connectivity index (χ2n) is 5.33. The third-order valence-electron chi connectivity index (χ3n) is 3.52. The molecule has 3 rings (SSSR count). The van der Waals surface area contributed by atoms with E-state index in [1.54, 1.807) is 23.6 Å². The summed E-state index contributed by atoms with van der Waals surface area (Å²) in [7, 11) is 0. The number of hydrogen-bond acceptors (Lipinski definition) is 3. The van der Waals surface area contributed by atoms with E-state index in [-0.39, 0.29) is 11.4 Å². The molecule has 3 aromatic rings. The molecule has 0 amide bonds. The average Bonchev–Trinajstić information content (AvgIpc) is 3.05. The molecule has 3 nitrogen and oxygen atoms in total. The summed E-state index contributed by atoms with van der Waals surface area (Å²) in [5, 5.41) is 2.94. The lowest BCUT2D eigenvalue weighted by Crippen LogP contribution is -2.29. The van der Waals surface area contributed by atoms with Crippen LogP contribution in [0.4, 0.5) is 4.39 Å². The monoisotopic (exact) mass is 323 g/mol. The zero-order valence-electron chi connectivity index (χ0n) is 11.8. The number of nitrogens with zero attached hydrogens (tertiary/aromatic N) is 3. The van der Waals surface area contributed by atoms with Gasteiger partial charge in [0.1, 0.15) is 16.6 Å². The molecule has 2 aromatic heterocycles. The molecule has 0 aliphatic rings. The summed E-state index contributed by atoms with van der Waals surface area (Å²) in [6.07, 6.45) is 2.43. The quantitative estimate of drug-likeness (QED) is 0.674. The number of rotatable bonds is 4. The molecule has 0 fully saturated rings. The number of imidazole rings is 1. The molecule has 0 radical (unpaired) electrons. The summed E-state index contributed by atoms with van der Waals surface area (Å²) in [6.45, 7) is 4.18. The maximum atomic E-state index is 13.4. The molecule has 1 aromatic carbocycles. The summed E-state index contributed by atoms with van der Waals surface area (Å²) >= 11 is 7.50. The van der Waals surface area contributed by atoms with Crippen molar-refractivity contribution in [2.45, 2.75) is 25.8 Å². The number of fused-ring (bicyclic) bond motifs is 1. The average molecular weight is 324 g/mol. The largest absolute Gasteiger partial charge is 0.316 e. The highest BCUT2D eigenvalue weighted by Gasteiger charge is 2.30. The minimum Gasteiger partial charge on any atom is -0.316 e. The van der Waals surface area contributed by atoms with Gasteiger partial charge in [0, 0.05) is 29.9 Å². The zero-order chi connectivity index (χ0) is 15.0. The molecule has 0 saturated heterocycles. The first-order valence-electron chi connectivity index (χ1n) is 6.67. The number of benzene rings is 1. The Bertz CT molecular complexity index is 765. The highest BCUT2D eigenvalue weighted by atomic mass is 35.5. The van der Waals surface area contributed by atoms with Crippen molar-refractivity contribution in [3.8, 4) is 0 Å². The lowest BCUT2D eigenvalue weighted by molar-refractivity contribution is 0.431. The highest BCUT2D eigenvalue weighted by Crippen LogP contribution is 2.33. The van der Waals surface area contributed by atoms with Gasteiger partial charge in [0.2, 0.25) is 0 Å². The Morgan fingerprint density at radius 3 is 2.86 bits per heavy atom. The fourth-order valence-electron chi connectivity index (χ4n) is 2.60. The molecule has 110 valence electrons. The van der Waals surface area contributed by atoms with Crippen LogP contribution < -0.4 is 0 Å². The van der Waals surface area contributed by atoms with Gasteiger partial charge < -0.3 is 4.57 Å². The summed E-state index contributed by atoms with van der Waals surface area (Å²) in [5.41, 5.74) is 1.19. The van der Waals surface area contributed by atoms with E-state index in [1.165, 1.54) is 12.1 Å². The van der Waals surface area contributed by atoms with Gasteiger partial charge in [-0.15, -0.1) is 22.9 Å². The fourth-order valence-corrected chi connectivity index (χ4v) is 3.52.